The Kier molecular flexibility index (Phi) is 5.23. The van der Waals surface area contributed by atoms with E-state index in [1.165, 1.54) is 0 Å². The minimum atomic E-state index is -0.371. The molecule has 0 radical (unpaired) electrons. The van der Waals surface area contributed by atoms with E-state index in [4.69, 9.17) is 16.3 Å². The molecule has 0 heterocycles. The van der Waals surface area contributed by atoms with Gasteiger partial charge < -0.3 is 10.1 Å². The first kappa shape index (κ1) is 15.2. The summed E-state index contributed by atoms with van der Waals surface area (Å²) in [7, 11) is 1.69. The Balaban J connectivity index is 2.35. The van der Waals surface area contributed by atoms with Gasteiger partial charge in [0.15, 0.2) is 0 Å². The van der Waals surface area contributed by atoms with Crippen LogP contribution in [0.1, 0.15) is 31.4 Å². The van der Waals surface area contributed by atoms with E-state index in [-0.39, 0.29) is 23.0 Å². The summed E-state index contributed by atoms with van der Waals surface area (Å²) in [5.41, 5.74) is 0.578. The van der Waals surface area contributed by atoms with E-state index in [2.05, 4.69) is 21.2 Å². The summed E-state index contributed by atoms with van der Waals surface area (Å²) in [5.74, 6) is 0.139. The fourth-order valence-corrected chi connectivity index (χ4v) is 2.91. The number of likely N-dealkylation sites (N-methyl/N-ethyl adjacent to an activating group) is 1. The molecular formula is C14H18BrClFNO. The third-order valence-corrected chi connectivity index (χ3v) is 4.77. The Bertz CT molecular complexity index is 453. The summed E-state index contributed by atoms with van der Waals surface area (Å²) in [4.78, 5) is 0. The summed E-state index contributed by atoms with van der Waals surface area (Å²) in [5, 5.41) is 3.45. The van der Waals surface area contributed by atoms with Crippen molar-refractivity contribution in [1.82, 2.24) is 5.32 Å². The first-order valence-electron chi connectivity index (χ1n) is 6.49. The lowest BCUT2D eigenvalue weighted by atomic mass is 9.97. The molecule has 1 N–H and O–H groups in total. The normalized spacial score (nSPS) is 18.4. The smallest absolute Gasteiger partial charge is 0.147 e. The highest BCUT2D eigenvalue weighted by atomic mass is 79.9. The zero-order valence-electron chi connectivity index (χ0n) is 11.1. The van der Waals surface area contributed by atoms with Gasteiger partial charge in [-0.25, -0.2) is 4.39 Å². The molecule has 0 bridgehead atoms. The lowest BCUT2D eigenvalue weighted by Gasteiger charge is -2.28. The van der Waals surface area contributed by atoms with Gasteiger partial charge in [-0.15, -0.1) is 0 Å². The number of rotatable bonds is 6. The maximum absolute atomic E-state index is 14.4. The van der Waals surface area contributed by atoms with Crippen LogP contribution >= 0.6 is 27.5 Å². The van der Waals surface area contributed by atoms with Gasteiger partial charge in [0.2, 0.25) is 0 Å². The van der Waals surface area contributed by atoms with E-state index in [9.17, 15) is 4.39 Å². The van der Waals surface area contributed by atoms with Crippen molar-refractivity contribution in [1.29, 1.82) is 0 Å². The predicted octanol–water partition coefficient (Wildman–Crippen LogP) is 4.32. The van der Waals surface area contributed by atoms with E-state index in [0.717, 1.165) is 19.4 Å². The molecule has 2 atom stereocenters. The third kappa shape index (κ3) is 3.30. The molecule has 19 heavy (non-hydrogen) atoms. The molecule has 0 aromatic heterocycles. The molecule has 0 spiro atoms. The maximum atomic E-state index is 14.4. The quantitative estimate of drug-likeness (QED) is 0.772. The molecule has 1 aromatic rings. The van der Waals surface area contributed by atoms with Crippen molar-refractivity contribution >= 4 is 27.5 Å². The Morgan fingerprint density at radius 1 is 1.53 bits per heavy atom. The molecule has 2 unspecified atom stereocenters. The fourth-order valence-electron chi connectivity index (χ4n) is 2.43. The lowest BCUT2D eigenvalue weighted by Crippen LogP contribution is -2.35. The van der Waals surface area contributed by atoms with Crippen LogP contribution in [0.4, 0.5) is 4.39 Å². The van der Waals surface area contributed by atoms with E-state index in [0.29, 0.717) is 16.0 Å². The van der Waals surface area contributed by atoms with Gasteiger partial charge in [-0.1, -0.05) is 24.6 Å². The maximum Gasteiger partial charge on any atom is 0.147 e. The second-order valence-corrected chi connectivity index (χ2v) is 6.07. The third-order valence-electron chi connectivity index (χ3n) is 3.51. The highest BCUT2D eigenvalue weighted by Gasteiger charge is 2.38. The summed E-state index contributed by atoms with van der Waals surface area (Å²) in [6, 6.07) is 3.39. The van der Waals surface area contributed by atoms with Crippen LogP contribution in [0.3, 0.4) is 0 Å². The molecule has 0 saturated heterocycles. The minimum Gasteiger partial charge on any atom is -0.379 e. The zero-order chi connectivity index (χ0) is 14.0. The Hall–Kier alpha value is -0.160. The molecule has 5 heteroatoms. The number of methoxy groups -OCH3 is 1. The Morgan fingerprint density at radius 3 is 2.74 bits per heavy atom. The van der Waals surface area contributed by atoms with Crippen LogP contribution in [0, 0.1) is 11.7 Å². The number of halogens is 3. The van der Waals surface area contributed by atoms with Crippen molar-refractivity contribution in [3.8, 4) is 0 Å². The average Bonchev–Trinajstić information content (AvgIpc) is 3.21. The number of hydrogen-bond acceptors (Lipinski definition) is 2. The van der Waals surface area contributed by atoms with Gasteiger partial charge in [0, 0.05) is 17.1 Å². The van der Waals surface area contributed by atoms with Crippen LogP contribution in [-0.2, 0) is 4.74 Å². The molecule has 0 amide bonds. The van der Waals surface area contributed by atoms with E-state index in [1.807, 2.05) is 6.92 Å². The summed E-state index contributed by atoms with van der Waals surface area (Å²) < 4.78 is 20.5. The Morgan fingerprint density at radius 2 is 2.21 bits per heavy atom. The predicted molar refractivity (Wildman–Crippen MR) is 79.0 cm³/mol. The highest BCUT2D eigenvalue weighted by molar-refractivity contribution is 9.10. The zero-order valence-corrected chi connectivity index (χ0v) is 13.4. The van der Waals surface area contributed by atoms with E-state index >= 15 is 0 Å². The van der Waals surface area contributed by atoms with E-state index < -0.39 is 0 Å². The molecule has 0 aliphatic heterocycles. The van der Waals surface area contributed by atoms with Gasteiger partial charge in [0.25, 0.3) is 0 Å². The number of ether oxygens (including phenoxy) is 1. The van der Waals surface area contributed by atoms with Crippen molar-refractivity contribution in [3.05, 3.63) is 33.0 Å². The molecule has 1 aromatic carbocycles. The molecule has 2 rings (SSSR count). The SMILES string of the molecule is CCNC(c1ccc(Br)c(Cl)c1F)C(OC)C1CC1. The van der Waals surface area contributed by atoms with Gasteiger partial charge in [-0.2, -0.15) is 0 Å². The molecule has 2 nitrogen and oxygen atoms in total. The van der Waals surface area contributed by atoms with Gasteiger partial charge in [0.1, 0.15) is 5.82 Å². The summed E-state index contributed by atoms with van der Waals surface area (Å²) >= 11 is 9.22. The average molecular weight is 351 g/mol. The minimum absolute atomic E-state index is 0.00769. The van der Waals surface area contributed by atoms with Gasteiger partial charge in [0.05, 0.1) is 17.2 Å². The van der Waals surface area contributed by atoms with Crippen molar-refractivity contribution in [3.63, 3.8) is 0 Å². The van der Waals surface area contributed by atoms with E-state index in [1.54, 1.807) is 19.2 Å². The highest BCUT2D eigenvalue weighted by Crippen LogP contribution is 2.41. The van der Waals surface area contributed by atoms with Gasteiger partial charge in [-0.05, 0) is 47.3 Å². The topological polar surface area (TPSA) is 21.3 Å². The van der Waals surface area contributed by atoms with Crippen molar-refractivity contribution in [2.24, 2.45) is 5.92 Å². The first-order valence-corrected chi connectivity index (χ1v) is 7.66. The monoisotopic (exact) mass is 349 g/mol. The molecule has 106 valence electrons. The van der Waals surface area contributed by atoms with Crippen molar-refractivity contribution in [2.75, 3.05) is 13.7 Å². The number of nitrogens with one attached hydrogen (secondary N) is 1. The second-order valence-electron chi connectivity index (χ2n) is 4.84. The van der Waals surface area contributed by atoms with Crippen LogP contribution in [0.15, 0.2) is 16.6 Å². The molecule has 1 fully saturated rings. The van der Waals surface area contributed by atoms with Crippen LogP contribution in [0.25, 0.3) is 0 Å². The van der Waals surface area contributed by atoms with Crippen molar-refractivity contribution < 1.29 is 9.13 Å². The van der Waals surface area contributed by atoms with Crippen LogP contribution in [0.2, 0.25) is 5.02 Å². The number of benzene rings is 1. The fraction of sp³-hybridized carbons (Fsp3) is 0.571. The largest absolute Gasteiger partial charge is 0.379 e. The van der Waals surface area contributed by atoms with Gasteiger partial charge in [-0.3, -0.25) is 0 Å². The molecule has 1 saturated carbocycles. The number of hydrogen-bond donors (Lipinski definition) is 1. The lowest BCUT2D eigenvalue weighted by molar-refractivity contribution is 0.0501. The molecule has 1 aliphatic rings. The standard InChI is InChI=1S/C14H18BrClFNO/c1-3-18-13(14(19-2)8-4-5-8)9-6-7-10(15)11(16)12(9)17/h6-8,13-14,18H,3-5H2,1-2H3. The Labute approximate surface area is 126 Å². The molecule has 1 aliphatic carbocycles. The van der Waals surface area contributed by atoms with Crippen LogP contribution < -0.4 is 5.32 Å². The van der Waals surface area contributed by atoms with Crippen LogP contribution in [0.5, 0.6) is 0 Å². The summed E-state index contributed by atoms with van der Waals surface area (Å²) in [6.07, 6.45) is 2.28. The summed E-state index contributed by atoms with van der Waals surface area (Å²) in [6.45, 7) is 2.76. The van der Waals surface area contributed by atoms with Gasteiger partial charge >= 0.3 is 0 Å². The molecular weight excluding hydrogens is 333 g/mol. The van der Waals surface area contributed by atoms with Crippen LogP contribution in [-0.4, -0.2) is 19.8 Å². The second kappa shape index (κ2) is 6.53. The van der Waals surface area contributed by atoms with Crippen molar-refractivity contribution in [2.45, 2.75) is 31.9 Å². The first-order chi connectivity index (χ1) is 9.10.